The van der Waals surface area contributed by atoms with Crippen molar-refractivity contribution in [1.29, 1.82) is 0 Å². The average molecular weight is 191 g/mol. The monoisotopic (exact) mass is 191 g/mol. The van der Waals surface area contributed by atoms with Crippen LogP contribution in [0.5, 0.6) is 0 Å². The Labute approximate surface area is 78.1 Å². The second-order valence-corrected chi connectivity index (χ2v) is 6.61. The van der Waals surface area contributed by atoms with Crippen LogP contribution in [0.2, 0.25) is 0 Å². The lowest BCUT2D eigenvalue weighted by Crippen LogP contribution is -2.38. The van der Waals surface area contributed by atoms with Gasteiger partial charge in [-0.15, -0.1) is 23.5 Å². The second kappa shape index (κ2) is 4.06. The summed E-state index contributed by atoms with van der Waals surface area (Å²) in [6.07, 6.45) is 0. The standard InChI is InChI=1S/C8H17NS2/c1-5(2)8-10-6(3)9-7(4)11-8/h5-9H,1-4H3. The van der Waals surface area contributed by atoms with Gasteiger partial charge in [-0.05, 0) is 19.8 Å². The van der Waals surface area contributed by atoms with Crippen molar-refractivity contribution in [2.45, 2.75) is 43.0 Å². The van der Waals surface area contributed by atoms with E-state index < -0.39 is 0 Å². The highest BCUT2D eigenvalue weighted by atomic mass is 32.2. The Bertz CT molecular complexity index is 117. The molecule has 1 aliphatic heterocycles. The molecular weight excluding hydrogens is 174 g/mol. The third-order valence-corrected chi connectivity index (χ3v) is 5.07. The number of hydrogen-bond donors (Lipinski definition) is 1. The molecule has 1 N–H and O–H groups in total. The maximum absolute atomic E-state index is 3.49. The van der Waals surface area contributed by atoms with Gasteiger partial charge in [0.15, 0.2) is 0 Å². The fraction of sp³-hybridized carbons (Fsp3) is 1.00. The first-order valence-electron chi connectivity index (χ1n) is 4.16. The average Bonchev–Trinajstić information content (AvgIpc) is 1.85. The summed E-state index contributed by atoms with van der Waals surface area (Å²) in [5, 5.41) is 4.74. The summed E-state index contributed by atoms with van der Waals surface area (Å²) in [5.74, 6) is 0.789. The van der Waals surface area contributed by atoms with Gasteiger partial charge in [-0.3, -0.25) is 5.32 Å². The minimum absolute atomic E-state index is 0.624. The molecular formula is C8H17NS2. The molecule has 1 rings (SSSR count). The Morgan fingerprint density at radius 1 is 1.09 bits per heavy atom. The molecule has 0 radical (unpaired) electrons. The molecule has 2 unspecified atom stereocenters. The summed E-state index contributed by atoms with van der Waals surface area (Å²) in [7, 11) is 0. The molecule has 0 aromatic carbocycles. The van der Waals surface area contributed by atoms with Crippen LogP contribution < -0.4 is 5.32 Å². The first-order chi connectivity index (χ1) is 5.09. The summed E-state index contributed by atoms with van der Waals surface area (Å²) in [4.78, 5) is 0. The molecule has 0 aromatic heterocycles. The lowest BCUT2D eigenvalue weighted by atomic mass is 10.3. The molecule has 3 heteroatoms. The van der Waals surface area contributed by atoms with Gasteiger partial charge in [0.25, 0.3) is 0 Å². The van der Waals surface area contributed by atoms with Crippen molar-refractivity contribution in [2.24, 2.45) is 5.92 Å². The van der Waals surface area contributed by atoms with E-state index >= 15 is 0 Å². The first kappa shape index (κ1) is 9.75. The Kier molecular flexibility index (Phi) is 3.59. The maximum atomic E-state index is 3.49. The highest BCUT2D eigenvalue weighted by Gasteiger charge is 2.25. The van der Waals surface area contributed by atoms with Crippen molar-refractivity contribution < 1.29 is 0 Å². The first-order valence-corrected chi connectivity index (χ1v) is 6.05. The molecule has 1 aliphatic rings. The van der Waals surface area contributed by atoms with E-state index in [1.807, 2.05) is 0 Å². The van der Waals surface area contributed by atoms with Crippen molar-refractivity contribution in [2.75, 3.05) is 0 Å². The predicted molar refractivity (Wildman–Crippen MR) is 55.9 cm³/mol. The fourth-order valence-electron chi connectivity index (χ4n) is 1.16. The molecule has 1 nitrogen and oxygen atoms in total. The zero-order valence-corrected chi connectivity index (χ0v) is 9.26. The van der Waals surface area contributed by atoms with Crippen LogP contribution in [0.15, 0.2) is 0 Å². The van der Waals surface area contributed by atoms with Gasteiger partial charge >= 0.3 is 0 Å². The van der Waals surface area contributed by atoms with E-state index in [4.69, 9.17) is 0 Å². The SMILES string of the molecule is CC1NC(C)SC(C(C)C)S1. The number of nitrogens with one attached hydrogen (secondary N) is 1. The second-order valence-electron chi connectivity index (χ2n) is 3.34. The van der Waals surface area contributed by atoms with Gasteiger partial charge in [0.1, 0.15) is 0 Å². The van der Waals surface area contributed by atoms with Crippen LogP contribution in [-0.4, -0.2) is 15.3 Å². The lowest BCUT2D eigenvalue weighted by molar-refractivity contribution is 0.643. The molecule has 1 heterocycles. The van der Waals surface area contributed by atoms with E-state index in [2.05, 4.69) is 56.5 Å². The molecule has 2 atom stereocenters. The van der Waals surface area contributed by atoms with E-state index in [1.165, 1.54) is 0 Å². The summed E-state index contributed by atoms with van der Waals surface area (Å²) >= 11 is 4.10. The van der Waals surface area contributed by atoms with Crippen molar-refractivity contribution in [3.8, 4) is 0 Å². The zero-order chi connectivity index (χ0) is 8.43. The van der Waals surface area contributed by atoms with E-state index in [9.17, 15) is 0 Å². The van der Waals surface area contributed by atoms with E-state index in [0.29, 0.717) is 10.7 Å². The van der Waals surface area contributed by atoms with Gasteiger partial charge in [0.2, 0.25) is 0 Å². The Morgan fingerprint density at radius 3 is 1.91 bits per heavy atom. The van der Waals surface area contributed by atoms with Crippen LogP contribution >= 0.6 is 23.5 Å². The summed E-state index contributed by atoms with van der Waals surface area (Å²) < 4.78 is 0.779. The molecule has 0 aliphatic carbocycles. The minimum atomic E-state index is 0.624. The number of hydrogen-bond acceptors (Lipinski definition) is 3. The molecule has 0 bridgehead atoms. The Hall–Kier alpha value is 0.660. The number of thioether (sulfide) groups is 2. The van der Waals surface area contributed by atoms with Gasteiger partial charge in [-0.2, -0.15) is 0 Å². The van der Waals surface area contributed by atoms with Crippen LogP contribution in [-0.2, 0) is 0 Å². The van der Waals surface area contributed by atoms with Gasteiger partial charge in [0.05, 0.1) is 15.3 Å². The molecule has 0 amide bonds. The van der Waals surface area contributed by atoms with Crippen LogP contribution in [0.25, 0.3) is 0 Å². The minimum Gasteiger partial charge on any atom is -0.294 e. The van der Waals surface area contributed by atoms with E-state index in [-0.39, 0.29) is 0 Å². The highest BCUT2D eigenvalue weighted by Crippen LogP contribution is 2.38. The smallest absolute Gasteiger partial charge is 0.0556 e. The largest absolute Gasteiger partial charge is 0.294 e. The summed E-state index contributed by atoms with van der Waals surface area (Å²) in [6.45, 7) is 9.09. The van der Waals surface area contributed by atoms with Gasteiger partial charge in [0, 0.05) is 0 Å². The summed E-state index contributed by atoms with van der Waals surface area (Å²) in [5.41, 5.74) is 0. The molecule has 11 heavy (non-hydrogen) atoms. The molecule has 0 spiro atoms. The lowest BCUT2D eigenvalue weighted by Gasteiger charge is -2.34. The van der Waals surface area contributed by atoms with E-state index in [0.717, 1.165) is 10.5 Å². The molecule has 0 aromatic rings. The van der Waals surface area contributed by atoms with Crippen molar-refractivity contribution in [3.63, 3.8) is 0 Å². The van der Waals surface area contributed by atoms with Crippen LogP contribution in [0.1, 0.15) is 27.7 Å². The van der Waals surface area contributed by atoms with Crippen LogP contribution in [0, 0.1) is 5.92 Å². The normalized spacial score (nSPS) is 39.5. The van der Waals surface area contributed by atoms with Gasteiger partial charge in [-0.25, -0.2) is 0 Å². The third-order valence-electron chi connectivity index (χ3n) is 1.69. The van der Waals surface area contributed by atoms with Crippen molar-refractivity contribution >= 4 is 23.5 Å². The highest BCUT2D eigenvalue weighted by molar-refractivity contribution is 8.18. The molecule has 0 saturated carbocycles. The zero-order valence-electron chi connectivity index (χ0n) is 7.63. The summed E-state index contributed by atoms with van der Waals surface area (Å²) in [6, 6.07) is 0. The molecule has 66 valence electrons. The quantitative estimate of drug-likeness (QED) is 0.684. The molecule has 1 fully saturated rings. The van der Waals surface area contributed by atoms with Crippen LogP contribution in [0.4, 0.5) is 0 Å². The third kappa shape index (κ3) is 2.88. The topological polar surface area (TPSA) is 12.0 Å². The Balaban J connectivity index is 2.43. The van der Waals surface area contributed by atoms with Crippen molar-refractivity contribution in [3.05, 3.63) is 0 Å². The van der Waals surface area contributed by atoms with Gasteiger partial charge in [-0.1, -0.05) is 13.8 Å². The maximum Gasteiger partial charge on any atom is 0.0556 e. The fourth-order valence-corrected chi connectivity index (χ4v) is 4.50. The van der Waals surface area contributed by atoms with Crippen LogP contribution in [0.3, 0.4) is 0 Å². The predicted octanol–water partition coefficient (Wildman–Crippen LogP) is 2.73. The van der Waals surface area contributed by atoms with Gasteiger partial charge < -0.3 is 0 Å². The van der Waals surface area contributed by atoms with E-state index in [1.54, 1.807) is 0 Å². The number of rotatable bonds is 1. The molecule has 1 saturated heterocycles. The Morgan fingerprint density at radius 2 is 1.55 bits per heavy atom. The van der Waals surface area contributed by atoms with Crippen molar-refractivity contribution in [1.82, 2.24) is 5.32 Å².